The van der Waals surface area contributed by atoms with Crippen LogP contribution in [0.25, 0.3) is 0 Å². The van der Waals surface area contributed by atoms with Gasteiger partial charge in [0.25, 0.3) is 0 Å². The molecule has 1 N–H and O–H groups in total. The summed E-state index contributed by atoms with van der Waals surface area (Å²) in [6, 6.07) is 6.94. The number of anilines is 1. The highest BCUT2D eigenvalue weighted by Gasteiger charge is 2.54. The van der Waals surface area contributed by atoms with E-state index in [2.05, 4.69) is 15.1 Å². The van der Waals surface area contributed by atoms with E-state index in [1.807, 2.05) is 0 Å². The lowest BCUT2D eigenvalue weighted by Crippen LogP contribution is -2.76. The van der Waals surface area contributed by atoms with Gasteiger partial charge in [-0.05, 0) is 36.5 Å². The molecule has 21 heavy (non-hydrogen) atoms. The summed E-state index contributed by atoms with van der Waals surface area (Å²) < 4.78 is 18.1. The smallest absolute Gasteiger partial charge is 0.173 e. The van der Waals surface area contributed by atoms with E-state index in [0.29, 0.717) is 11.5 Å². The van der Waals surface area contributed by atoms with Gasteiger partial charge < -0.3 is 15.0 Å². The largest absolute Gasteiger partial charge is 0.378 e. The molecule has 3 aliphatic rings. The minimum absolute atomic E-state index is 0.232. The van der Waals surface area contributed by atoms with Crippen LogP contribution < -0.4 is 5.32 Å². The van der Waals surface area contributed by atoms with E-state index in [0.717, 1.165) is 50.2 Å². The Hall–Kier alpha value is -1.24. The molecule has 0 atom stereocenters. The molecule has 0 bridgehead atoms. The second kappa shape index (κ2) is 4.90. The monoisotopic (exact) mass is 307 g/mol. The quantitative estimate of drug-likeness (QED) is 0.837. The van der Waals surface area contributed by atoms with E-state index in [-0.39, 0.29) is 5.82 Å². The van der Waals surface area contributed by atoms with Crippen LogP contribution in [0.2, 0.25) is 0 Å². The summed E-state index contributed by atoms with van der Waals surface area (Å²) in [5, 5.41) is 3.90. The molecule has 0 saturated carbocycles. The summed E-state index contributed by atoms with van der Waals surface area (Å²) in [4.78, 5) is 4.70. The minimum atomic E-state index is -0.232. The molecule has 0 aliphatic carbocycles. The van der Waals surface area contributed by atoms with Crippen molar-refractivity contribution in [1.29, 1.82) is 0 Å². The number of hydrogen-bond acceptors (Lipinski definition) is 3. The lowest BCUT2D eigenvalue weighted by molar-refractivity contribution is -0.162. The summed E-state index contributed by atoms with van der Waals surface area (Å²) in [5.41, 5.74) is 1.27. The summed E-state index contributed by atoms with van der Waals surface area (Å²) in [6.45, 7) is 6.15. The summed E-state index contributed by atoms with van der Waals surface area (Å²) >= 11 is 5.42. The van der Waals surface area contributed by atoms with Gasteiger partial charge in [0.05, 0.1) is 19.3 Å². The highest BCUT2D eigenvalue weighted by atomic mass is 32.1. The van der Waals surface area contributed by atoms with Gasteiger partial charge in [-0.25, -0.2) is 4.39 Å². The molecule has 3 aliphatic heterocycles. The van der Waals surface area contributed by atoms with Crippen LogP contribution in [0, 0.1) is 11.2 Å². The molecule has 1 spiro atoms. The van der Waals surface area contributed by atoms with Crippen molar-refractivity contribution in [3.63, 3.8) is 0 Å². The Bertz CT molecular complexity index is 547. The van der Waals surface area contributed by atoms with Crippen LogP contribution in [0.5, 0.6) is 0 Å². The van der Waals surface area contributed by atoms with Crippen molar-refractivity contribution >= 4 is 23.0 Å². The molecular weight excluding hydrogens is 289 g/mol. The molecule has 0 radical (unpaired) electrons. The Labute approximate surface area is 128 Å². The van der Waals surface area contributed by atoms with Crippen LogP contribution in [0.4, 0.5) is 10.1 Å². The Balaban J connectivity index is 1.26. The molecule has 112 valence electrons. The molecule has 0 unspecified atom stereocenters. The van der Waals surface area contributed by atoms with Crippen LogP contribution in [0.1, 0.15) is 0 Å². The van der Waals surface area contributed by atoms with Crippen molar-refractivity contribution in [2.24, 2.45) is 5.41 Å². The molecule has 3 fully saturated rings. The maximum Gasteiger partial charge on any atom is 0.173 e. The van der Waals surface area contributed by atoms with Crippen molar-refractivity contribution in [3.05, 3.63) is 30.1 Å². The van der Waals surface area contributed by atoms with E-state index in [4.69, 9.17) is 17.0 Å². The Kier molecular flexibility index (Phi) is 3.13. The number of thiocarbonyl (C=S) groups is 1. The first-order chi connectivity index (χ1) is 10.1. The van der Waals surface area contributed by atoms with Crippen molar-refractivity contribution in [2.45, 2.75) is 6.04 Å². The van der Waals surface area contributed by atoms with E-state index in [9.17, 15) is 4.39 Å². The molecule has 4 rings (SSSR count). The zero-order chi connectivity index (χ0) is 14.4. The van der Waals surface area contributed by atoms with Gasteiger partial charge in [0.1, 0.15) is 5.82 Å². The average molecular weight is 307 g/mol. The predicted octanol–water partition coefficient (Wildman–Crippen LogP) is 1.54. The zero-order valence-corrected chi connectivity index (χ0v) is 12.5. The minimum Gasteiger partial charge on any atom is -0.378 e. The lowest BCUT2D eigenvalue weighted by atomic mass is 9.72. The van der Waals surface area contributed by atoms with E-state index in [1.165, 1.54) is 12.1 Å². The standard InChI is InChI=1S/C15H18FN3OS/c16-11-1-3-12(4-2-11)17-14(21)19-9-15(10-19)7-18(8-15)13-5-20-6-13/h1-4,13H,5-10H2,(H,17,21). The summed E-state index contributed by atoms with van der Waals surface area (Å²) in [5.74, 6) is -0.232. The second-order valence-electron chi connectivity index (χ2n) is 6.39. The van der Waals surface area contributed by atoms with Crippen LogP contribution in [0.15, 0.2) is 24.3 Å². The number of halogens is 1. The van der Waals surface area contributed by atoms with Gasteiger partial charge in [-0.15, -0.1) is 0 Å². The molecule has 1 aromatic carbocycles. The third-order valence-corrected chi connectivity index (χ3v) is 5.01. The number of likely N-dealkylation sites (tertiary alicyclic amines) is 2. The van der Waals surface area contributed by atoms with Crippen molar-refractivity contribution < 1.29 is 9.13 Å². The Morgan fingerprint density at radius 2 is 1.86 bits per heavy atom. The molecule has 0 aromatic heterocycles. The number of benzene rings is 1. The molecular formula is C15H18FN3OS. The Morgan fingerprint density at radius 1 is 1.19 bits per heavy atom. The number of hydrogen-bond donors (Lipinski definition) is 1. The molecule has 3 saturated heterocycles. The van der Waals surface area contributed by atoms with Crippen molar-refractivity contribution in [3.8, 4) is 0 Å². The Morgan fingerprint density at radius 3 is 2.43 bits per heavy atom. The first-order valence-corrected chi connectivity index (χ1v) is 7.68. The number of ether oxygens (including phenoxy) is 1. The van der Waals surface area contributed by atoms with E-state index in [1.54, 1.807) is 12.1 Å². The van der Waals surface area contributed by atoms with Gasteiger partial charge in [-0.2, -0.15) is 0 Å². The fourth-order valence-electron chi connectivity index (χ4n) is 3.35. The predicted molar refractivity (Wildman–Crippen MR) is 82.8 cm³/mol. The normalized spacial score (nSPS) is 24.1. The number of rotatable bonds is 2. The van der Waals surface area contributed by atoms with E-state index >= 15 is 0 Å². The second-order valence-corrected chi connectivity index (χ2v) is 6.78. The lowest BCUT2D eigenvalue weighted by Gasteiger charge is -2.63. The topological polar surface area (TPSA) is 27.7 Å². The van der Waals surface area contributed by atoms with Gasteiger partial charge in [0.15, 0.2) is 5.11 Å². The molecule has 6 heteroatoms. The first kappa shape index (κ1) is 13.4. The molecule has 0 amide bonds. The van der Waals surface area contributed by atoms with Gasteiger partial charge in [-0.3, -0.25) is 4.90 Å². The summed E-state index contributed by atoms with van der Waals surface area (Å²) in [6.07, 6.45) is 0. The van der Waals surface area contributed by atoms with E-state index < -0.39 is 0 Å². The fraction of sp³-hybridized carbons (Fsp3) is 0.533. The van der Waals surface area contributed by atoms with Crippen molar-refractivity contribution in [2.75, 3.05) is 44.7 Å². The van der Waals surface area contributed by atoms with Crippen molar-refractivity contribution in [1.82, 2.24) is 9.80 Å². The van der Waals surface area contributed by atoms with Crippen LogP contribution in [0.3, 0.4) is 0 Å². The molecule has 3 heterocycles. The molecule has 4 nitrogen and oxygen atoms in total. The maximum atomic E-state index is 12.9. The number of nitrogens with one attached hydrogen (secondary N) is 1. The van der Waals surface area contributed by atoms with Gasteiger partial charge >= 0.3 is 0 Å². The van der Waals surface area contributed by atoms with Crippen LogP contribution >= 0.6 is 12.2 Å². The highest BCUT2D eigenvalue weighted by Crippen LogP contribution is 2.41. The number of nitrogens with zero attached hydrogens (tertiary/aromatic N) is 2. The maximum absolute atomic E-state index is 12.9. The first-order valence-electron chi connectivity index (χ1n) is 7.27. The third kappa shape index (κ3) is 2.41. The van der Waals surface area contributed by atoms with Gasteiger partial charge in [-0.1, -0.05) is 0 Å². The highest BCUT2D eigenvalue weighted by molar-refractivity contribution is 7.80. The molecule has 1 aromatic rings. The van der Waals surface area contributed by atoms with Gasteiger partial charge in [0, 0.05) is 37.3 Å². The summed E-state index contributed by atoms with van der Waals surface area (Å²) in [7, 11) is 0. The van der Waals surface area contributed by atoms with Crippen LogP contribution in [-0.4, -0.2) is 60.3 Å². The SMILES string of the molecule is Fc1ccc(NC(=S)N2CC3(C2)CN(C2COC2)C3)cc1. The van der Waals surface area contributed by atoms with Crippen LogP contribution in [-0.2, 0) is 4.74 Å². The average Bonchev–Trinajstić information content (AvgIpc) is 2.30. The third-order valence-electron chi connectivity index (χ3n) is 4.65. The zero-order valence-electron chi connectivity index (χ0n) is 11.7. The fourth-order valence-corrected chi connectivity index (χ4v) is 3.60. The van der Waals surface area contributed by atoms with Gasteiger partial charge in [0.2, 0.25) is 0 Å².